The summed E-state index contributed by atoms with van der Waals surface area (Å²) in [4.78, 5) is 0. The van der Waals surface area contributed by atoms with Crippen molar-refractivity contribution in [2.75, 3.05) is 0 Å². The van der Waals surface area contributed by atoms with Gasteiger partial charge in [-0.1, -0.05) is 49.1 Å². The Labute approximate surface area is 135 Å². The van der Waals surface area contributed by atoms with Crippen molar-refractivity contribution in [2.45, 2.75) is 6.92 Å². The molecule has 0 aliphatic carbocycles. The van der Waals surface area contributed by atoms with Gasteiger partial charge in [0.15, 0.2) is 0 Å². The molecule has 0 bridgehead atoms. The van der Waals surface area contributed by atoms with Gasteiger partial charge >= 0.3 is 7.12 Å². The summed E-state index contributed by atoms with van der Waals surface area (Å²) in [5.41, 5.74) is 2.50. The van der Waals surface area contributed by atoms with Crippen LogP contribution in [-0.2, 0) is 0 Å². The maximum atomic E-state index is 9.26. The first-order valence-corrected chi connectivity index (χ1v) is 7.51. The van der Waals surface area contributed by atoms with Gasteiger partial charge in [0.1, 0.15) is 0 Å². The molecule has 0 spiro atoms. The largest absolute Gasteiger partial charge is 0.488 e. The minimum absolute atomic E-state index is 0.471. The summed E-state index contributed by atoms with van der Waals surface area (Å²) in [6.07, 6.45) is 6.01. The number of fused-ring (bicyclic) bond motifs is 1. The van der Waals surface area contributed by atoms with Gasteiger partial charge in [-0.05, 0) is 36.7 Å². The lowest BCUT2D eigenvalue weighted by molar-refractivity contribution is 0.426. The van der Waals surface area contributed by atoms with Crippen LogP contribution < -0.4 is 16.0 Å². The molecule has 23 heavy (non-hydrogen) atoms. The van der Waals surface area contributed by atoms with Crippen LogP contribution in [0, 0.1) is 0 Å². The molecule has 0 aliphatic rings. The fourth-order valence-corrected chi connectivity index (χ4v) is 2.76. The topological polar surface area (TPSA) is 45.4 Å². The van der Waals surface area contributed by atoms with Crippen LogP contribution >= 0.6 is 0 Å². The quantitative estimate of drug-likeness (QED) is 0.711. The molecule has 0 atom stereocenters. The molecule has 1 aromatic heterocycles. The Hall–Kier alpha value is -2.56. The van der Waals surface area contributed by atoms with E-state index in [0.717, 1.165) is 27.2 Å². The van der Waals surface area contributed by atoms with Crippen LogP contribution in [0.1, 0.15) is 6.92 Å². The predicted octanol–water partition coefficient (Wildman–Crippen LogP) is 1.08. The highest BCUT2D eigenvalue weighted by molar-refractivity contribution is 6.58. The summed E-state index contributed by atoms with van der Waals surface area (Å²) in [6.45, 7) is 6.20. The van der Waals surface area contributed by atoms with Crippen molar-refractivity contribution in [1.82, 2.24) is 4.57 Å². The van der Waals surface area contributed by atoms with Crippen molar-refractivity contribution in [3.63, 3.8) is 0 Å². The van der Waals surface area contributed by atoms with Crippen LogP contribution in [0.3, 0.4) is 0 Å². The van der Waals surface area contributed by atoms with E-state index >= 15 is 0 Å². The molecule has 0 saturated carbocycles. The zero-order valence-corrected chi connectivity index (χ0v) is 13.0. The third-order valence-corrected chi connectivity index (χ3v) is 3.92. The smallest absolute Gasteiger partial charge is 0.423 e. The highest BCUT2D eigenvalue weighted by Crippen LogP contribution is 2.13. The number of aromatic nitrogens is 1. The molecule has 3 aromatic rings. The SMILES string of the molecule is C=c1/c(=C\C=C/C)n(-c2ccc(B(O)O)cc2)c2ccccc12. The van der Waals surface area contributed by atoms with E-state index in [-0.39, 0.29) is 0 Å². The number of hydrogen-bond acceptors (Lipinski definition) is 2. The zero-order chi connectivity index (χ0) is 16.4. The fourth-order valence-electron chi connectivity index (χ4n) is 2.76. The Morgan fingerprint density at radius 1 is 1.04 bits per heavy atom. The molecule has 0 unspecified atom stereocenters. The van der Waals surface area contributed by atoms with E-state index in [0.29, 0.717) is 5.46 Å². The fraction of sp³-hybridized carbons (Fsp3) is 0.0526. The molecule has 2 N–H and O–H groups in total. The molecule has 0 saturated heterocycles. The number of rotatable bonds is 3. The summed E-state index contributed by atoms with van der Waals surface area (Å²) < 4.78 is 2.13. The molecular formula is C19H18BNO2. The van der Waals surface area contributed by atoms with Gasteiger partial charge in [0.25, 0.3) is 0 Å². The van der Waals surface area contributed by atoms with E-state index in [4.69, 9.17) is 0 Å². The van der Waals surface area contributed by atoms with Crippen molar-refractivity contribution in [2.24, 2.45) is 0 Å². The van der Waals surface area contributed by atoms with Crippen molar-refractivity contribution >= 4 is 36.1 Å². The first-order valence-electron chi connectivity index (χ1n) is 7.51. The number of allylic oxidation sites excluding steroid dienone is 2. The van der Waals surface area contributed by atoms with E-state index in [9.17, 15) is 10.0 Å². The van der Waals surface area contributed by atoms with E-state index in [1.807, 2.05) is 49.4 Å². The van der Waals surface area contributed by atoms with Gasteiger partial charge in [-0.25, -0.2) is 0 Å². The van der Waals surface area contributed by atoms with Gasteiger partial charge in [-0.2, -0.15) is 0 Å². The van der Waals surface area contributed by atoms with Gasteiger partial charge in [0, 0.05) is 16.3 Å². The molecular weight excluding hydrogens is 285 g/mol. The summed E-state index contributed by atoms with van der Waals surface area (Å²) >= 11 is 0. The number of hydrogen-bond donors (Lipinski definition) is 2. The number of nitrogens with zero attached hydrogens (tertiary/aromatic N) is 1. The van der Waals surface area contributed by atoms with Gasteiger partial charge < -0.3 is 14.6 Å². The van der Waals surface area contributed by atoms with Crippen LogP contribution in [0.25, 0.3) is 29.2 Å². The lowest BCUT2D eigenvalue weighted by Crippen LogP contribution is -2.30. The standard InChI is InChI=1S/C19H18BNO2/c1-3-4-8-18-14(2)17-7-5-6-9-19(17)21(18)16-12-10-15(11-13-16)20(22)23/h3-13,22-23H,2H2,1H3/b4-3-,18-8+. The van der Waals surface area contributed by atoms with Gasteiger partial charge in [0.05, 0.1) is 10.9 Å². The Kier molecular flexibility index (Phi) is 4.19. The molecule has 114 valence electrons. The third kappa shape index (κ3) is 2.74. The normalized spacial score (nSPS) is 12.4. The highest BCUT2D eigenvalue weighted by Gasteiger charge is 2.12. The molecule has 0 aliphatic heterocycles. The van der Waals surface area contributed by atoms with Crippen LogP contribution in [0.15, 0.2) is 60.7 Å². The first kappa shape index (κ1) is 15.3. The van der Waals surface area contributed by atoms with E-state index < -0.39 is 7.12 Å². The molecule has 4 heteroatoms. The molecule has 2 aromatic carbocycles. The Bertz CT molecular complexity index is 969. The third-order valence-electron chi connectivity index (χ3n) is 3.92. The van der Waals surface area contributed by atoms with Crippen LogP contribution in [0.2, 0.25) is 0 Å². The lowest BCUT2D eigenvalue weighted by Gasteiger charge is -2.08. The van der Waals surface area contributed by atoms with Gasteiger partial charge in [0.2, 0.25) is 0 Å². The minimum atomic E-state index is -1.46. The summed E-state index contributed by atoms with van der Waals surface area (Å²) in [5, 5.41) is 21.6. The zero-order valence-electron chi connectivity index (χ0n) is 13.0. The molecule has 3 nitrogen and oxygen atoms in total. The van der Waals surface area contributed by atoms with Crippen LogP contribution in [-0.4, -0.2) is 21.7 Å². The Morgan fingerprint density at radius 3 is 2.39 bits per heavy atom. The average Bonchev–Trinajstić information content (AvgIpc) is 2.85. The molecule has 0 fully saturated rings. The summed E-state index contributed by atoms with van der Waals surface area (Å²) in [5.74, 6) is 0. The number of benzene rings is 2. The first-order chi connectivity index (χ1) is 11.1. The van der Waals surface area contributed by atoms with Crippen LogP contribution in [0.4, 0.5) is 0 Å². The maximum absolute atomic E-state index is 9.26. The average molecular weight is 303 g/mol. The molecule has 1 heterocycles. The summed E-state index contributed by atoms with van der Waals surface area (Å²) in [6, 6.07) is 15.3. The molecule has 0 amide bonds. The second-order valence-corrected chi connectivity index (χ2v) is 5.37. The van der Waals surface area contributed by atoms with Crippen LogP contribution in [0.5, 0.6) is 0 Å². The van der Waals surface area contributed by atoms with Gasteiger partial charge in [-0.3, -0.25) is 0 Å². The van der Waals surface area contributed by atoms with E-state index in [1.165, 1.54) is 0 Å². The van der Waals surface area contributed by atoms with Gasteiger partial charge in [-0.15, -0.1) is 0 Å². The Balaban J connectivity index is 2.33. The highest BCUT2D eigenvalue weighted by atomic mass is 16.4. The van der Waals surface area contributed by atoms with Crippen molar-refractivity contribution < 1.29 is 10.0 Å². The monoisotopic (exact) mass is 303 g/mol. The molecule has 0 radical (unpaired) electrons. The lowest BCUT2D eigenvalue weighted by atomic mass is 9.80. The Morgan fingerprint density at radius 2 is 1.74 bits per heavy atom. The van der Waals surface area contributed by atoms with E-state index in [2.05, 4.69) is 23.3 Å². The van der Waals surface area contributed by atoms with Crippen molar-refractivity contribution in [3.05, 3.63) is 71.3 Å². The van der Waals surface area contributed by atoms with E-state index in [1.54, 1.807) is 12.1 Å². The maximum Gasteiger partial charge on any atom is 0.488 e. The van der Waals surface area contributed by atoms with Crippen molar-refractivity contribution in [3.8, 4) is 5.69 Å². The number of para-hydroxylation sites is 1. The second-order valence-electron chi connectivity index (χ2n) is 5.37. The second kappa shape index (κ2) is 6.28. The predicted molar refractivity (Wildman–Crippen MR) is 97.2 cm³/mol. The minimum Gasteiger partial charge on any atom is -0.423 e. The van der Waals surface area contributed by atoms with Crippen molar-refractivity contribution in [1.29, 1.82) is 0 Å². The summed E-state index contributed by atoms with van der Waals surface area (Å²) in [7, 11) is -1.46. The molecule has 3 rings (SSSR count).